The van der Waals surface area contributed by atoms with Crippen molar-refractivity contribution < 1.29 is 0 Å². The molecule has 0 spiro atoms. The third kappa shape index (κ3) is 6.12. The van der Waals surface area contributed by atoms with Crippen molar-refractivity contribution in [2.45, 2.75) is 52.4 Å². The van der Waals surface area contributed by atoms with Gasteiger partial charge < -0.3 is 0 Å². The predicted molar refractivity (Wildman–Crippen MR) is 213 cm³/mol. The van der Waals surface area contributed by atoms with Crippen molar-refractivity contribution in [3.8, 4) is 50.7 Å². The van der Waals surface area contributed by atoms with Crippen LogP contribution in [0.4, 0.5) is 0 Å². The van der Waals surface area contributed by atoms with Crippen molar-refractivity contribution in [2.24, 2.45) is 0 Å². The zero-order valence-corrected chi connectivity index (χ0v) is 29.7. The average molecular weight is 663 g/mol. The van der Waals surface area contributed by atoms with Gasteiger partial charge in [-0.25, -0.2) is 15.0 Å². The van der Waals surface area contributed by atoms with Crippen molar-refractivity contribution >= 4 is 22.1 Å². The summed E-state index contributed by atoms with van der Waals surface area (Å²) in [5, 5.41) is 0. The molecule has 2 atom stereocenters. The maximum Gasteiger partial charge on any atom is 0.145 e. The Kier molecular flexibility index (Phi) is 8.75. The number of rotatable bonds is 9. The quantitative estimate of drug-likeness (QED) is 0.154. The molecule has 0 amide bonds. The van der Waals surface area contributed by atoms with Gasteiger partial charge in [-0.05, 0) is 83.3 Å². The minimum absolute atomic E-state index is 0.477. The number of imidazole rings is 1. The molecule has 250 valence electrons. The molecule has 0 aliphatic rings. The highest BCUT2D eigenvalue weighted by atomic mass is 15.1. The first-order chi connectivity index (χ1) is 25.0. The van der Waals surface area contributed by atoms with E-state index < -0.39 is 0 Å². The molecule has 8 aromatic rings. The molecule has 0 saturated carbocycles. The third-order valence-corrected chi connectivity index (χ3v) is 10.4. The molecule has 0 bridgehead atoms. The number of benzene rings is 6. The fraction of sp³-hybridized carbons (Fsp3) is 0.170. The second kappa shape index (κ2) is 13.8. The standard InChI is InChI=1S/C47H42N4/c1-5-31(3)39-29-43-44(30-40(39)32(4)6-2)51(38-17-11-8-12-18-38)47(50-43)37-27-23-34(24-28-37)33-21-25-36(26-22-33)46-45(35-15-9-7-10-16-35)48-41-19-13-14-20-42(41)49-46/h7-32H,5-6H2,1-4H3. The first-order valence-electron chi connectivity index (χ1n) is 18.2. The van der Waals surface area contributed by atoms with Crippen LogP contribution in [0.1, 0.15) is 63.5 Å². The van der Waals surface area contributed by atoms with Crippen LogP contribution in [0.3, 0.4) is 0 Å². The van der Waals surface area contributed by atoms with Crippen molar-refractivity contribution in [1.82, 2.24) is 19.5 Å². The SMILES string of the molecule is CCC(C)c1cc2nc(-c3ccc(-c4ccc(-c5nc6ccccc6nc5-c5ccccc5)cc4)cc3)n(-c3ccccc3)c2cc1C(C)CC. The van der Waals surface area contributed by atoms with Gasteiger partial charge in [0.1, 0.15) is 5.82 Å². The summed E-state index contributed by atoms with van der Waals surface area (Å²) >= 11 is 0. The number of aromatic nitrogens is 4. The molecular weight excluding hydrogens is 621 g/mol. The van der Waals surface area contributed by atoms with E-state index in [4.69, 9.17) is 15.0 Å². The molecule has 4 nitrogen and oxygen atoms in total. The van der Waals surface area contributed by atoms with Crippen molar-refractivity contribution in [3.63, 3.8) is 0 Å². The van der Waals surface area contributed by atoms with Crippen LogP contribution in [0.25, 0.3) is 72.8 Å². The number of hydrogen-bond acceptors (Lipinski definition) is 3. The normalized spacial score (nSPS) is 12.7. The summed E-state index contributed by atoms with van der Waals surface area (Å²) in [6, 6.07) is 51.3. The lowest BCUT2D eigenvalue weighted by Gasteiger charge is -2.20. The van der Waals surface area contributed by atoms with Crippen LogP contribution in [0, 0.1) is 0 Å². The highest BCUT2D eigenvalue weighted by molar-refractivity contribution is 5.88. The van der Waals surface area contributed by atoms with E-state index in [-0.39, 0.29) is 0 Å². The van der Waals surface area contributed by atoms with Gasteiger partial charge in [-0.3, -0.25) is 4.57 Å². The van der Waals surface area contributed by atoms with E-state index in [0.29, 0.717) is 11.8 Å². The summed E-state index contributed by atoms with van der Waals surface area (Å²) < 4.78 is 2.33. The Morgan fingerprint density at radius 3 is 1.45 bits per heavy atom. The van der Waals surface area contributed by atoms with Gasteiger partial charge in [-0.1, -0.05) is 137 Å². The molecule has 0 aliphatic carbocycles. The molecule has 51 heavy (non-hydrogen) atoms. The van der Waals surface area contributed by atoms with Gasteiger partial charge in [0.2, 0.25) is 0 Å². The van der Waals surface area contributed by atoms with E-state index in [0.717, 1.165) is 85.6 Å². The maximum absolute atomic E-state index is 5.32. The molecule has 2 heterocycles. The lowest BCUT2D eigenvalue weighted by Crippen LogP contribution is -2.03. The van der Waals surface area contributed by atoms with E-state index in [1.54, 1.807) is 0 Å². The summed E-state index contributed by atoms with van der Waals surface area (Å²) in [6.45, 7) is 9.24. The Hall–Kier alpha value is -5.87. The minimum atomic E-state index is 0.477. The first-order valence-corrected chi connectivity index (χ1v) is 18.2. The topological polar surface area (TPSA) is 43.6 Å². The van der Waals surface area contributed by atoms with Crippen LogP contribution in [0.15, 0.2) is 146 Å². The van der Waals surface area contributed by atoms with Crippen molar-refractivity contribution in [2.75, 3.05) is 0 Å². The van der Waals surface area contributed by atoms with E-state index >= 15 is 0 Å². The van der Waals surface area contributed by atoms with Crippen LogP contribution < -0.4 is 0 Å². The van der Waals surface area contributed by atoms with E-state index in [9.17, 15) is 0 Å². The van der Waals surface area contributed by atoms with Crippen molar-refractivity contribution in [1.29, 1.82) is 0 Å². The Bertz CT molecular complexity index is 2440. The average Bonchev–Trinajstić information content (AvgIpc) is 3.58. The van der Waals surface area contributed by atoms with E-state index in [1.807, 2.05) is 42.5 Å². The Morgan fingerprint density at radius 1 is 0.451 bits per heavy atom. The lowest BCUT2D eigenvalue weighted by atomic mass is 9.86. The molecular formula is C47H42N4. The molecule has 6 aromatic carbocycles. The highest BCUT2D eigenvalue weighted by Gasteiger charge is 2.21. The number of para-hydroxylation sites is 3. The molecule has 8 rings (SSSR count). The number of nitrogens with zero attached hydrogens (tertiary/aromatic N) is 4. The van der Waals surface area contributed by atoms with Crippen LogP contribution in [-0.4, -0.2) is 19.5 Å². The van der Waals surface area contributed by atoms with E-state index in [2.05, 4.69) is 135 Å². The van der Waals surface area contributed by atoms with Crippen LogP contribution >= 0.6 is 0 Å². The predicted octanol–water partition coefficient (Wildman–Crippen LogP) is 12.7. The minimum Gasteiger partial charge on any atom is -0.292 e. The summed E-state index contributed by atoms with van der Waals surface area (Å²) in [4.78, 5) is 15.5. The van der Waals surface area contributed by atoms with Crippen molar-refractivity contribution in [3.05, 3.63) is 157 Å². The molecule has 4 heteroatoms. The molecule has 0 saturated heterocycles. The smallest absolute Gasteiger partial charge is 0.145 e. The van der Waals surface area contributed by atoms with Crippen LogP contribution in [0.2, 0.25) is 0 Å². The molecule has 2 aromatic heterocycles. The zero-order chi connectivity index (χ0) is 34.9. The van der Waals surface area contributed by atoms with Gasteiger partial charge in [0, 0.05) is 22.4 Å². The zero-order valence-electron chi connectivity index (χ0n) is 29.7. The van der Waals surface area contributed by atoms with Gasteiger partial charge in [-0.2, -0.15) is 0 Å². The second-order valence-electron chi connectivity index (χ2n) is 13.6. The Morgan fingerprint density at radius 2 is 0.902 bits per heavy atom. The Balaban J connectivity index is 1.18. The van der Waals surface area contributed by atoms with E-state index in [1.165, 1.54) is 11.1 Å². The highest BCUT2D eigenvalue weighted by Crippen LogP contribution is 2.38. The largest absolute Gasteiger partial charge is 0.292 e. The number of hydrogen-bond donors (Lipinski definition) is 0. The maximum atomic E-state index is 5.32. The first kappa shape index (κ1) is 32.3. The summed E-state index contributed by atoms with van der Waals surface area (Å²) in [5.74, 6) is 1.91. The van der Waals surface area contributed by atoms with Gasteiger partial charge in [0.25, 0.3) is 0 Å². The molecule has 0 N–H and O–H groups in total. The molecule has 0 radical (unpaired) electrons. The monoisotopic (exact) mass is 662 g/mol. The van der Waals surface area contributed by atoms with Crippen LogP contribution in [0.5, 0.6) is 0 Å². The van der Waals surface area contributed by atoms with Gasteiger partial charge >= 0.3 is 0 Å². The number of fused-ring (bicyclic) bond motifs is 2. The summed E-state index contributed by atoms with van der Waals surface area (Å²) in [6.07, 6.45) is 2.21. The summed E-state index contributed by atoms with van der Waals surface area (Å²) in [7, 11) is 0. The molecule has 2 unspecified atom stereocenters. The fourth-order valence-electron chi connectivity index (χ4n) is 7.11. The van der Waals surface area contributed by atoms with Crippen LogP contribution in [-0.2, 0) is 0 Å². The molecule has 0 fully saturated rings. The van der Waals surface area contributed by atoms with Gasteiger partial charge in [0.05, 0.1) is 33.5 Å². The van der Waals surface area contributed by atoms with Gasteiger partial charge in [-0.15, -0.1) is 0 Å². The lowest BCUT2D eigenvalue weighted by molar-refractivity contribution is 0.678. The second-order valence-corrected chi connectivity index (χ2v) is 13.6. The Labute approximate surface area is 300 Å². The van der Waals surface area contributed by atoms with Gasteiger partial charge in [0.15, 0.2) is 0 Å². The summed E-state index contributed by atoms with van der Waals surface area (Å²) in [5.41, 5.74) is 15.2. The third-order valence-electron chi connectivity index (χ3n) is 10.4. The fourth-order valence-corrected chi connectivity index (χ4v) is 7.11. The molecule has 0 aliphatic heterocycles.